The van der Waals surface area contributed by atoms with Crippen LogP contribution in [0.15, 0.2) is 54.7 Å². The number of ether oxygens (including phenoxy) is 2. The zero-order chi connectivity index (χ0) is 24.8. The Labute approximate surface area is 206 Å². The van der Waals surface area contributed by atoms with Crippen LogP contribution >= 0.6 is 0 Å². The Morgan fingerprint density at radius 2 is 1.66 bits per heavy atom. The van der Waals surface area contributed by atoms with E-state index in [9.17, 15) is 9.59 Å². The van der Waals surface area contributed by atoms with Crippen molar-refractivity contribution in [3.63, 3.8) is 0 Å². The molecule has 35 heavy (non-hydrogen) atoms. The molecule has 3 aromatic rings. The molecule has 1 fully saturated rings. The van der Waals surface area contributed by atoms with Gasteiger partial charge in [0.25, 0.3) is 5.91 Å². The molecular weight excluding hydrogens is 444 g/mol. The lowest BCUT2D eigenvalue weighted by molar-refractivity contribution is 0.0525. The Balaban J connectivity index is 1.30. The Kier molecular flexibility index (Phi) is 7.82. The molecule has 0 N–H and O–H groups in total. The minimum atomic E-state index is -0.383. The van der Waals surface area contributed by atoms with E-state index in [0.29, 0.717) is 36.5 Å². The van der Waals surface area contributed by atoms with Crippen LogP contribution in [0.1, 0.15) is 38.9 Å². The highest BCUT2D eigenvalue weighted by Gasteiger charge is 2.22. The van der Waals surface area contributed by atoms with E-state index in [1.807, 2.05) is 48.2 Å². The van der Waals surface area contributed by atoms with Gasteiger partial charge in [0, 0.05) is 38.3 Å². The molecule has 8 nitrogen and oxygen atoms in total. The number of hydrogen-bond donors (Lipinski definition) is 0. The molecule has 8 heteroatoms. The fraction of sp³-hybridized carbons (Fsp3) is 0.370. The number of esters is 1. The molecule has 0 aliphatic carbocycles. The van der Waals surface area contributed by atoms with Crippen molar-refractivity contribution in [2.24, 2.45) is 0 Å². The van der Waals surface area contributed by atoms with Crippen LogP contribution in [-0.2, 0) is 11.2 Å². The quantitative estimate of drug-likeness (QED) is 0.464. The van der Waals surface area contributed by atoms with E-state index < -0.39 is 0 Å². The number of benzene rings is 2. The number of nitrogens with zero attached hydrogens (tertiary/aromatic N) is 4. The lowest BCUT2D eigenvalue weighted by Crippen LogP contribution is -2.49. The summed E-state index contributed by atoms with van der Waals surface area (Å²) in [7, 11) is 1.67. The highest BCUT2D eigenvalue weighted by atomic mass is 16.5. The molecule has 1 aliphatic rings. The molecule has 2 heterocycles. The van der Waals surface area contributed by atoms with Crippen LogP contribution in [0.4, 0.5) is 0 Å². The summed E-state index contributed by atoms with van der Waals surface area (Å²) in [5.74, 6) is 0.525. The number of rotatable bonds is 8. The molecule has 0 atom stereocenters. The van der Waals surface area contributed by atoms with Gasteiger partial charge in [0.2, 0.25) is 0 Å². The van der Waals surface area contributed by atoms with Crippen LogP contribution in [0.3, 0.4) is 0 Å². The first-order chi connectivity index (χ1) is 17.0. The van der Waals surface area contributed by atoms with Gasteiger partial charge in [0.1, 0.15) is 11.3 Å². The summed E-state index contributed by atoms with van der Waals surface area (Å²) in [5, 5.41) is 4.32. The number of hydrogen-bond acceptors (Lipinski definition) is 6. The Hall–Kier alpha value is -3.65. The number of methoxy groups -OCH3 is 1. The second-order valence-electron chi connectivity index (χ2n) is 8.55. The zero-order valence-electron chi connectivity index (χ0n) is 20.6. The molecular formula is C27H32N4O4. The number of piperazine rings is 1. The summed E-state index contributed by atoms with van der Waals surface area (Å²) < 4.78 is 12.0. The zero-order valence-corrected chi connectivity index (χ0v) is 20.6. The first-order valence-electron chi connectivity index (χ1n) is 12.0. The van der Waals surface area contributed by atoms with Gasteiger partial charge in [-0.3, -0.25) is 9.69 Å². The van der Waals surface area contributed by atoms with Crippen molar-refractivity contribution in [1.29, 1.82) is 0 Å². The predicted octanol–water partition coefficient (Wildman–Crippen LogP) is 3.37. The predicted molar refractivity (Wildman–Crippen MR) is 133 cm³/mol. The Morgan fingerprint density at radius 3 is 2.29 bits per heavy atom. The largest absolute Gasteiger partial charge is 0.497 e. The smallest absolute Gasteiger partial charge is 0.341 e. The number of aromatic nitrogens is 2. The minimum Gasteiger partial charge on any atom is -0.497 e. The van der Waals surface area contributed by atoms with Gasteiger partial charge >= 0.3 is 5.97 Å². The van der Waals surface area contributed by atoms with Crippen molar-refractivity contribution < 1.29 is 19.1 Å². The van der Waals surface area contributed by atoms with Crippen molar-refractivity contribution in [1.82, 2.24) is 19.6 Å². The van der Waals surface area contributed by atoms with Crippen LogP contribution in [-0.4, -0.2) is 77.9 Å². The third-order valence-electron chi connectivity index (χ3n) is 6.40. The SMILES string of the molecule is CCOC(=O)c1cnn(-c2ccc(C(=O)N3CCN(CCc4ccc(OC)cc4)CC3)cc2)c1C. The van der Waals surface area contributed by atoms with Crippen LogP contribution < -0.4 is 4.74 Å². The second kappa shape index (κ2) is 11.2. The number of carbonyl (C=O) groups excluding carboxylic acids is 2. The average Bonchev–Trinajstić information content (AvgIpc) is 3.29. The third kappa shape index (κ3) is 5.71. The maximum Gasteiger partial charge on any atom is 0.341 e. The molecule has 184 valence electrons. The molecule has 1 saturated heterocycles. The van der Waals surface area contributed by atoms with Gasteiger partial charge in [-0.05, 0) is 62.2 Å². The molecule has 0 bridgehead atoms. The topological polar surface area (TPSA) is 76.9 Å². The number of carbonyl (C=O) groups is 2. The fourth-order valence-corrected chi connectivity index (χ4v) is 4.26. The van der Waals surface area contributed by atoms with Crippen molar-refractivity contribution in [3.05, 3.63) is 77.1 Å². The average molecular weight is 477 g/mol. The Morgan fingerprint density at radius 1 is 0.971 bits per heavy atom. The summed E-state index contributed by atoms with van der Waals surface area (Å²) in [6.45, 7) is 8.04. The third-order valence-corrected chi connectivity index (χ3v) is 6.40. The lowest BCUT2D eigenvalue weighted by Gasteiger charge is -2.34. The van der Waals surface area contributed by atoms with E-state index >= 15 is 0 Å². The standard InChI is InChI=1S/C27H32N4O4/c1-4-35-27(33)25-19-28-31(20(25)2)23-9-7-22(8-10-23)26(32)30-17-15-29(16-18-30)14-13-21-5-11-24(34-3)12-6-21/h5-12,19H,4,13-18H2,1-3H3. The molecule has 0 radical (unpaired) electrons. The number of amides is 1. The van der Waals surface area contributed by atoms with Crippen molar-refractivity contribution in [2.75, 3.05) is 46.4 Å². The van der Waals surface area contributed by atoms with Crippen molar-refractivity contribution in [2.45, 2.75) is 20.3 Å². The van der Waals surface area contributed by atoms with Crippen molar-refractivity contribution >= 4 is 11.9 Å². The van der Waals surface area contributed by atoms with E-state index in [0.717, 1.165) is 37.5 Å². The van der Waals surface area contributed by atoms with Crippen molar-refractivity contribution in [3.8, 4) is 11.4 Å². The molecule has 1 aromatic heterocycles. The molecule has 1 amide bonds. The van der Waals surface area contributed by atoms with Crippen LogP contribution in [0.25, 0.3) is 5.69 Å². The van der Waals surface area contributed by atoms with Crippen LogP contribution in [0.2, 0.25) is 0 Å². The summed E-state index contributed by atoms with van der Waals surface area (Å²) in [5.41, 5.74) is 3.87. The first-order valence-corrected chi connectivity index (χ1v) is 12.0. The normalized spacial score (nSPS) is 14.1. The Bertz CT molecular complexity index is 1150. The van der Waals surface area contributed by atoms with Gasteiger partial charge in [0.05, 0.1) is 31.3 Å². The molecule has 0 spiro atoms. The van der Waals surface area contributed by atoms with Gasteiger partial charge in [-0.15, -0.1) is 0 Å². The summed E-state index contributed by atoms with van der Waals surface area (Å²) in [4.78, 5) is 29.4. The van der Waals surface area contributed by atoms with E-state index in [2.05, 4.69) is 22.1 Å². The molecule has 4 rings (SSSR count). The van der Waals surface area contributed by atoms with Gasteiger partial charge in [-0.25, -0.2) is 9.48 Å². The van der Waals surface area contributed by atoms with Crippen LogP contribution in [0.5, 0.6) is 5.75 Å². The van der Waals surface area contributed by atoms with E-state index in [-0.39, 0.29) is 11.9 Å². The van der Waals surface area contributed by atoms with Gasteiger partial charge in [-0.1, -0.05) is 12.1 Å². The monoisotopic (exact) mass is 476 g/mol. The van der Waals surface area contributed by atoms with E-state index in [1.54, 1.807) is 18.7 Å². The first kappa shape index (κ1) is 24.5. The summed E-state index contributed by atoms with van der Waals surface area (Å²) in [6, 6.07) is 15.5. The van der Waals surface area contributed by atoms with Gasteiger partial charge < -0.3 is 14.4 Å². The van der Waals surface area contributed by atoms with E-state index in [1.165, 1.54) is 11.8 Å². The highest BCUT2D eigenvalue weighted by molar-refractivity contribution is 5.94. The second-order valence-corrected chi connectivity index (χ2v) is 8.55. The molecule has 2 aromatic carbocycles. The minimum absolute atomic E-state index is 0.0377. The van der Waals surface area contributed by atoms with E-state index in [4.69, 9.17) is 9.47 Å². The van der Waals surface area contributed by atoms with Crippen LogP contribution in [0, 0.1) is 6.92 Å². The molecule has 1 aliphatic heterocycles. The maximum absolute atomic E-state index is 13.0. The fourth-order valence-electron chi connectivity index (χ4n) is 4.26. The maximum atomic E-state index is 13.0. The molecule has 0 unspecified atom stereocenters. The summed E-state index contributed by atoms with van der Waals surface area (Å²) >= 11 is 0. The highest BCUT2D eigenvalue weighted by Crippen LogP contribution is 2.18. The molecule has 0 saturated carbocycles. The lowest BCUT2D eigenvalue weighted by atomic mass is 10.1. The van der Waals surface area contributed by atoms with Gasteiger partial charge in [0.15, 0.2) is 0 Å². The van der Waals surface area contributed by atoms with Gasteiger partial charge in [-0.2, -0.15) is 5.10 Å². The summed E-state index contributed by atoms with van der Waals surface area (Å²) in [6.07, 6.45) is 2.49.